The molecule has 3 rings (SSSR count). The first kappa shape index (κ1) is 18.1. The predicted molar refractivity (Wildman–Crippen MR) is 102 cm³/mol. The molecule has 26 heavy (non-hydrogen) atoms. The van der Waals surface area contributed by atoms with Crippen molar-refractivity contribution in [3.8, 4) is 0 Å². The molecule has 1 N–H and O–H groups in total. The molecule has 2 heterocycles. The number of likely N-dealkylation sites (N-methyl/N-ethyl adjacent to an activating group) is 1. The van der Waals surface area contributed by atoms with Crippen molar-refractivity contribution in [2.24, 2.45) is 0 Å². The van der Waals surface area contributed by atoms with E-state index in [9.17, 15) is 4.79 Å². The summed E-state index contributed by atoms with van der Waals surface area (Å²) in [4.78, 5) is 25.7. The van der Waals surface area contributed by atoms with E-state index in [0.29, 0.717) is 23.8 Å². The standard InChI is InChI=1S/C19H25N5O2/c1-3-23-11-13-24(14-12-23)17-9-10-20-19(22-17)21-16-8-6-5-7-15(16)18(25)26-4-2/h5-10H,3-4,11-14H2,1-2H3,(H,20,21,22). The summed E-state index contributed by atoms with van der Waals surface area (Å²) < 4.78 is 5.11. The Kier molecular flexibility index (Phi) is 6.01. The lowest BCUT2D eigenvalue weighted by Gasteiger charge is -2.34. The van der Waals surface area contributed by atoms with Crippen molar-refractivity contribution in [2.45, 2.75) is 13.8 Å². The van der Waals surface area contributed by atoms with E-state index in [1.54, 1.807) is 19.2 Å². The summed E-state index contributed by atoms with van der Waals surface area (Å²) in [6.07, 6.45) is 1.74. The Balaban J connectivity index is 1.75. The van der Waals surface area contributed by atoms with Crippen LogP contribution in [0.25, 0.3) is 0 Å². The third kappa shape index (κ3) is 4.29. The predicted octanol–water partition coefficient (Wildman–Crippen LogP) is 2.54. The van der Waals surface area contributed by atoms with Gasteiger partial charge in [0.2, 0.25) is 5.95 Å². The smallest absolute Gasteiger partial charge is 0.340 e. The quantitative estimate of drug-likeness (QED) is 0.799. The van der Waals surface area contributed by atoms with Crippen LogP contribution >= 0.6 is 0 Å². The summed E-state index contributed by atoms with van der Waals surface area (Å²) in [5.41, 5.74) is 1.11. The van der Waals surface area contributed by atoms with Gasteiger partial charge in [0.15, 0.2) is 0 Å². The van der Waals surface area contributed by atoms with Crippen molar-refractivity contribution >= 4 is 23.4 Å². The number of nitrogens with zero attached hydrogens (tertiary/aromatic N) is 4. The van der Waals surface area contributed by atoms with E-state index in [2.05, 4.69) is 32.0 Å². The highest BCUT2D eigenvalue weighted by molar-refractivity contribution is 5.96. The highest BCUT2D eigenvalue weighted by Gasteiger charge is 2.18. The number of nitrogens with one attached hydrogen (secondary N) is 1. The number of esters is 1. The molecule has 7 heteroatoms. The maximum atomic E-state index is 12.1. The second-order valence-corrected chi connectivity index (χ2v) is 6.05. The second-order valence-electron chi connectivity index (χ2n) is 6.05. The zero-order valence-electron chi connectivity index (χ0n) is 15.3. The lowest BCUT2D eigenvalue weighted by Crippen LogP contribution is -2.46. The maximum absolute atomic E-state index is 12.1. The first-order chi connectivity index (χ1) is 12.7. The molecule has 1 aromatic heterocycles. The fourth-order valence-corrected chi connectivity index (χ4v) is 2.98. The van der Waals surface area contributed by atoms with E-state index in [4.69, 9.17) is 4.74 Å². The fourth-order valence-electron chi connectivity index (χ4n) is 2.98. The van der Waals surface area contributed by atoms with Gasteiger partial charge >= 0.3 is 5.97 Å². The zero-order chi connectivity index (χ0) is 18.4. The number of piperazine rings is 1. The van der Waals surface area contributed by atoms with Gasteiger partial charge in [0.25, 0.3) is 0 Å². The summed E-state index contributed by atoms with van der Waals surface area (Å²) in [6, 6.07) is 9.14. The molecule has 0 saturated carbocycles. The number of para-hydroxylation sites is 1. The van der Waals surface area contributed by atoms with Crippen LogP contribution in [0.1, 0.15) is 24.2 Å². The van der Waals surface area contributed by atoms with Gasteiger partial charge in [0.1, 0.15) is 5.82 Å². The molecule has 1 aliphatic rings. The molecule has 0 radical (unpaired) electrons. The summed E-state index contributed by atoms with van der Waals surface area (Å²) in [6.45, 7) is 9.36. The monoisotopic (exact) mass is 355 g/mol. The topological polar surface area (TPSA) is 70.6 Å². The van der Waals surface area contributed by atoms with Crippen molar-refractivity contribution in [3.05, 3.63) is 42.1 Å². The van der Waals surface area contributed by atoms with Crippen LogP contribution in [0.4, 0.5) is 17.5 Å². The Hall–Kier alpha value is -2.67. The van der Waals surface area contributed by atoms with Crippen LogP contribution in [0.5, 0.6) is 0 Å². The summed E-state index contributed by atoms with van der Waals surface area (Å²) >= 11 is 0. The van der Waals surface area contributed by atoms with E-state index in [-0.39, 0.29) is 5.97 Å². The molecule has 0 amide bonds. The number of carbonyl (C=O) groups is 1. The lowest BCUT2D eigenvalue weighted by atomic mass is 10.2. The molecular formula is C19H25N5O2. The summed E-state index contributed by atoms with van der Waals surface area (Å²) in [7, 11) is 0. The van der Waals surface area contributed by atoms with Gasteiger partial charge in [0.05, 0.1) is 17.9 Å². The minimum atomic E-state index is -0.359. The number of benzene rings is 1. The van der Waals surface area contributed by atoms with E-state index in [0.717, 1.165) is 38.5 Å². The second kappa shape index (κ2) is 8.62. The fraction of sp³-hybridized carbons (Fsp3) is 0.421. The van der Waals surface area contributed by atoms with Gasteiger partial charge in [0, 0.05) is 32.4 Å². The van der Waals surface area contributed by atoms with Crippen LogP contribution in [0.15, 0.2) is 36.5 Å². The molecule has 0 unspecified atom stereocenters. The minimum Gasteiger partial charge on any atom is -0.462 e. The molecule has 1 aromatic carbocycles. The third-order valence-electron chi connectivity index (χ3n) is 4.45. The Bertz CT molecular complexity index is 744. The van der Waals surface area contributed by atoms with Gasteiger partial charge in [-0.15, -0.1) is 0 Å². The number of ether oxygens (including phenoxy) is 1. The molecule has 1 saturated heterocycles. The van der Waals surface area contributed by atoms with Gasteiger partial charge < -0.3 is 19.9 Å². The molecule has 2 aromatic rings. The Morgan fingerprint density at radius 1 is 1.15 bits per heavy atom. The van der Waals surface area contributed by atoms with Gasteiger partial charge in [-0.05, 0) is 31.7 Å². The van der Waals surface area contributed by atoms with Crippen molar-refractivity contribution in [2.75, 3.05) is 49.5 Å². The van der Waals surface area contributed by atoms with Crippen molar-refractivity contribution in [1.82, 2.24) is 14.9 Å². The van der Waals surface area contributed by atoms with Gasteiger partial charge in [-0.25, -0.2) is 9.78 Å². The van der Waals surface area contributed by atoms with Gasteiger partial charge in [-0.1, -0.05) is 19.1 Å². The Morgan fingerprint density at radius 3 is 2.65 bits per heavy atom. The van der Waals surface area contributed by atoms with Crippen LogP contribution < -0.4 is 10.2 Å². The Morgan fingerprint density at radius 2 is 1.92 bits per heavy atom. The lowest BCUT2D eigenvalue weighted by molar-refractivity contribution is 0.0527. The van der Waals surface area contributed by atoms with E-state index in [1.165, 1.54) is 0 Å². The van der Waals surface area contributed by atoms with Crippen molar-refractivity contribution in [3.63, 3.8) is 0 Å². The van der Waals surface area contributed by atoms with Crippen molar-refractivity contribution in [1.29, 1.82) is 0 Å². The average molecular weight is 355 g/mol. The van der Waals surface area contributed by atoms with Crippen LogP contribution in [0, 0.1) is 0 Å². The normalized spacial score (nSPS) is 14.9. The number of anilines is 3. The average Bonchev–Trinajstić information content (AvgIpc) is 2.69. The molecule has 1 aliphatic heterocycles. The Labute approximate surface area is 154 Å². The number of carbonyl (C=O) groups excluding carboxylic acids is 1. The number of hydrogen-bond acceptors (Lipinski definition) is 7. The molecule has 0 atom stereocenters. The molecule has 0 bridgehead atoms. The zero-order valence-corrected chi connectivity index (χ0v) is 15.3. The number of aromatic nitrogens is 2. The summed E-state index contributed by atoms with van der Waals surface area (Å²) in [5.74, 6) is 1.01. The maximum Gasteiger partial charge on any atom is 0.340 e. The highest BCUT2D eigenvalue weighted by atomic mass is 16.5. The molecule has 7 nitrogen and oxygen atoms in total. The molecule has 0 spiro atoms. The van der Waals surface area contributed by atoms with E-state index in [1.807, 2.05) is 24.3 Å². The van der Waals surface area contributed by atoms with E-state index >= 15 is 0 Å². The van der Waals surface area contributed by atoms with Crippen molar-refractivity contribution < 1.29 is 9.53 Å². The SMILES string of the molecule is CCOC(=O)c1ccccc1Nc1nccc(N2CCN(CC)CC2)n1. The molecule has 138 valence electrons. The first-order valence-corrected chi connectivity index (χ1v) is 9.04. The number of rotatable bonds is 6. The summed E-state index contributed by atoms with van der Waals surface area (Å²) in [5, 5.41) is 3.15. The largest absolute Gasteiger partial charge is 0.462 e. The molecule has 1 fully saturated rings. The first-order valence-electron chi connectivity index (χ1n) is 9.04. The highest BCUT2D eigenvalue weighted by Crippen LogP contribution is 2.21. The van der Waals surface area contributed by atoms with Crippen LogP contribution in [0.3, 0.4) is 0 Å². The van der Waals surface area contributed by atoms with Gasteiger partial charge in [-0.3, -0.25) is 0 Å². The minimum absolute atomic E-state index is 0.336. The third-order valence-corrected chi connectivity index (χ3v) is 4.45. The molecular weight excluding hydrogens is 330 g/mol. The van der Waals surface area contributed by atoms with Crippen LogP contribution in [-0.2, 0) is 4.74 Å². The number of hydrogen-bond donors (Lipinski definition) is 1. The van der Waals surface area contributed by atoms with E-state index < -0.39 is 0 Å². The van der Waals surface area contributed by atoms with Gasteiger partial charge in [-0.2, -0.15) is 4.98 Å². The molecule has 0 aliphatic carbocycles. The van der Waals surface area contributed by atoms with Crippen LogP contribution in [0.2, 0.25) is 0 Å². The van der Waals surface area contributed by atoms with Crippen LogP contribution in [-0.4, -0.2) is 60.2 Å².